The van der Waals surface area contributed by atoms with E-state index in [1.165, 1.54) is 18.8 Å². The van der Waals surface area contributed by atoms with E-state index in [9.17, 15) is 4.79 Å². The summed E-state index contributed by atoms with van der Waals surface area (Å²) in [4.78, 5) is 11.1. The Morgan fingerprint density at radius 3 is 2.63 bits per heavy atom. The average molecular weight is 263 g/mol. The smallest absolute Gasteiger partial charge is 0.356 e. The first-order valence-electron chi connectivity index (χ1n) is 5.48. The summed E-state index contributed by atoms with van der Waals surface area (Å²) < 4.78 is 11.3. The molecule has 1 N–H and O–H groups in total. The predicted molar refractivity (Wildman–Crippen MR) is 65.9 cm³/mol. The van der Waals surface area contributed by atoms with Gasteiger partial charge in [0, 0.05) is 19.7 Å². The van der Waals surface area contributed by atoms with E-state index < -0.39 is 5.97 Å². The van der Waals surface area contributed by atoms with Crippen molar-refractivity contribution in [1.82, 2.24) is 15.0 Å². The molecule has 0 bridgehead atoms. The summed E-state index contributed by atoms with van der Waals surface area (Å²) in [5.74, 6) is -0.437. The van der Waals surface area contributed by atoms with Gasteiger partial charge in [0.1, 0.15) is 11.4 Å². The van der Waals surface area contributed by atoms with Gasteiger partial charge in [-0.15, -0.1) is 5.10 Å². The number of aryl methyl sites for hydroxylation is 1. The predicted octanol–water partition coefficient (Wildman–Crippen LogP) is 1.16. The van der Waals surface area contributed by atoms with Crippen molar-refractivity contribution in [2.24, 2.45) is 7.05 Å². The van der Waals surface area contributed by atoms with Crippen molar-refractivity contribution in [3.63, 3.8) is 0 Å². The van der Waals surface area contributed by atoms with Gasteiger partial charge in [-0.3, -0.25) is 0 Å². The molecule has 0 aliphatic carbocycles. The first-order valence-corrected chi connectivity index (χ1v) is 5.48. The van der Waals surface area contributed by atoms with Gasteiger partial charge >= 0.3 is 5.97 Å². The highest BCUT2D eigenvalue weighted by molar-refractivity contribution is 5.92. The van der Waals surface area contributed by atoms with Crippen LogP contribution < -0.4 is 4.74 Å². The second-order valence-electron chi connectivity index (χ2n) is 3.79. The van der Waals surface area contributed by atoms with Crippen LogP contribution in [0.25, 0.3) is 11.3 Å². The van der Waals surface area contributed by atoms with Gasteiger partial charge in [0.2, 0.25) is 0 Å². The Labute approximate surface area is 109 Å². The molecule has 0 atom stereocenters. The average Bonchev–Trinajstić information content (AvgIpc) is 2.79. The molecule has 19 heavy (non-hydrogen) atoms. The summed E-state index contributed by atoms with van der Waals surface area (Å²) in [6, 6.07) is 6.88. The van der Waals surface area contributed by atoms with Crippen LogP contribution in [0.3, 0.4) is 0 Å². The Morgan fingerprint density at radius 1 is 1.37 bits per heavy atom. The zero-order valence-electron chi connectivity index (χ0n) is 10.5. The molecule has 7 heteroatoms. The fourth-order valence-corrected chi connectivity index (χ4v) is 1.63. The fourth-order valence-electron chi connectivity index (χ4n) is 1.63. The first kappa shape index (κ1) is 13.0. The third-order valence-electron chi connectivity index (χ3n) is 2.50. The van der Waals surface area contributed by atoms with Crippen molar-refractivity contribution in [3.05, 3.63) is 30.0 Å². The monoisotopic (exact) mass is 263 g/mol. The van der Waals surface area contributed by atoms with Crippen molar-refractivity contribution in [2.45, 2.75) is 0 Å². The van der Waals surface area contributed by atoms with Gasteiger partial charge in [-0.25, -0.2) is 9.48 Å². The van der Waals surface area contributed by atoms with Gasteiger partial charge in [0.25, 0.3) is 0 Å². The number of aromatic nitrogens is 3. The minimum atomic E-state index is -1.07. The fraction of sp³-hybridized carbons (Fsp3) is 0.250. The van der Waals surface area contributed by atoms with Crippen LogP contribution in [0.1, 0.15) is 10.5 Å². The summed E-state index contributed by atoms with van der Waals surface area (Å²) >= 11 is 0. The van der Waals surface area contributed by atoms with Crippen molar-refractivity contribution in [2.75, 3.05) is 13.9 Å². The third-order valence-corrected chi connectivity index (χ3v) is 2.50. The molecule has 1 aromatic carbocycles. The lowest BCUT2D eigenvalue weighted by Gasteiger charge is -2.05. The topological polar surface area (TPSA) is 86.5 Å². The van der Waals surface area contributed by atoms with Crippen molar-refractivity contribution >= 4 is 5.97 Å². The molecule has 0 radical (unpaired) electrons. The number of carbonyl (C=O) groups is 1. The van der Waals surface area contributed by atoms with Crippen LogP contribution in [-0.2, 0) is 11.8 Å². The Bertz CT molecular complexity index is 577. The maximum Gasteiger partial charge on any atom is 0.356 e. The van der Waals surface area contributed by atoms with E-state index in [0.717, 1.165) is 0 Å². The van der Waals surface area contributed by atoms with Crippen LogP contribution in [0.5, 0.6) is 5.75 Å². The van der Waals surface area contributed by atoms with Gasteiger partial charge in [-0.05, 0) is 24.3 Å². The summed E-state index contributed by atoms with van der Waals surface area (Å²) in [6.07, 6.45) is 0. The molecule has 0 saturated carbocycles. The van der Waals surface area contributed by atoms with E-state index in [-0.39, 0.29) is 12.5 Å². The Hall–Kier alpha value is -2.41. The lowest BCUT2D eigenvalue weighted by molar-refractivity contribution is 0.0511. The van der Waals surface area contributed by atoms with E-state index in [1.807, 2.05) is 0 Å². The highest BCUT2D eigenvalue weighted by atomic mass is 16.7. The van der Waals surface area contributed by atoms with Gasteiger partial charge in [-0.1, -0.05) is 5.21 Å². The van der Waals surface area contributed by atoms with Crippen LogP contribution in [0.4, 0.5) is 0 Å². The Balaban J connectivity index is 2.30. The first-order chi connectivity index (χ1) is 9.13. The maximum atomic E-state index is 11.1. The molecule has 0 amide bonds. The van der Waals surface area contributed by atoms with E-state index in [2.05, 4.69) is 10.3 Å². The zero-order valence-corrected chi connectivity index (χ0v) is 10.5. The highest BCUT2D eigenvalue weighted by Crippen LogP contribution is 2.23. The number of nitrogens with zero attached hydrogens (tertiary/aromatic N) is 3. The molecule has 100 valence electrons. The largest absolute Gasteiger partial charge is 0.476 e. The molecule has 2 aromatic rings. The standard InChI is InChI=1S/C12H13N3O4/c1-15-11(12(16)17)10(13-14-15)8-3-5-9(6-4-8)19-7-18-2/h3-6H,7H2,1-2H3,(H,16,17). The normalized spacial score (nSPS) is 10.4. The molecular formula is C12H13N3O4. The number of benzene rings is 1. The molecular weight excluding hydrogens is 250 g/mol. The molecule has 0 aliphatic heterocycles. The molecule has 1 heterocycles. The van der Waals surface area contributed by atoms with Gasteiger partial charge in [0.15, 0.2) is 12.5 Å². The van der Waals surface area contributed by atoms with Crippen molar-refractivity contribution in [3.8, 4) is 17.0 Å². The maximum absolute atomic E-state index is 11.1. The van der Waals surface area contributed by atoms with Gasteiger partial charge in [0.05, 0.1) is 0 Å². The summed E-state index contributed by atoms with van der Waals surface area (Å²) in [5.41, 5.74) is 1.04. The SMILES string of the molecule is COCOc1ccc(-c2nnn(C)c2C(=O)O)cc1. The number of carboxylic acid groups (broad SMARTS) is 1. The van der Waals surface area contributed by atoms with Crippen LogP contribution >= 0.6 is 0 Å². The van der Waals surface area contributed by atoms with Crippen LogP contribution in [0.15, 0.2) is 24.3 Å². The Morgan fingerprint density at radius 2 is 2.05 bits per heavy atom. The van der Waals surface area contributed by atoms with E-state index in [4.69, 9.17) is 14.6 Å². The molecule has 0 aliphatic rings. The Kier molecular flexibility index (Phi) is 3.76. The van der Waals surface area contributed by atoms with E-state index >= 15 is 0 Å². The van der Waals surface area contributed by atoms with Crippen LogP contribution in [0, 0.1) is 0 Å². The van der Waals surface area contributed by atoms with Crippen LogP contribution in [-0.4, -0.2) is 40.0 Å². The van der Waals surface area contributed by atoms with Crippen molar-refractivity contribution < 1.29 is 19.4 Å². The lowest BCUT2D eigenvalue weighted by atomic mass is 10.1. The second kappa shape index (κ2) is 5.49. The number of methoxy groups -OCH3 is 1. The molecule has 0 saturated heterocycles. The van der Waals surface area contributed by atoms with Gasteiger partial charge in [-0.2, -0.15) is 0 Å². The summed E-state index contributed by atoms with van der Waals surface area (Å²) in [6.45, 7) is 0.158. The number of ether oxygens (including phenoxy) is 2. The number of carboxylic acids is 1. The third kappa shape index (κ3) is 2.71. The number of hydrogen-bond acceptors (Lipinski definition) is 5. The van der Waals surface area contributed by atoms with E-state index in [0.29, 0.717) is 17.0 Å². The molecule has 2 rings (SSSR count). The second-order valence-corrected chi connectivity index (χ2v) is 3.79. The molecule has 0 spiro atoms. The quantitative estimate of drug-likeness (QED) is 0.815. The van der Waals surface area contributed by atoms with E-state index in [1.54, 1.807) is 24.3 Å². The van der Waals surface area contributed by atoms with Crippen molar-refractivity contribution in [1.29, 1.82) is 0 Å². The van der Waals surface area contributed by atoms with Gasteiger partial charge < -0.3 is 14.6 Å². The summed E-state index contributed by atoms with van der Waals surface area (Å²) in [7, 11) is 3.07. The highest BCUT2D eigenvalue weighted by Gasteiger charge is 2.18. The zero-order chi connectivity index (χ0) is 13.8. The molecule has 0 unspecified atom stereocenters. The molecule has 1 aromatic heterocycles. The molecule has 7 nitrogen and oxygen atoms in total. The minimum absolute atomic E-state index is 0.0468. The number of aromatic carboxylic acids is 1. The lowest BCUT2D eigenvalue weighted by Crippen LogP contribution is -2.06. The minimum Gasteiger partial charge on any atom is -0.476 e. The summed E-state index contributed by atoms with van der Waals surface area (Å²) in [5, 5.41) is 16.7. The molecule has 0 fully saturated rings. The number of rotatable bonds is 5. The van der Waals surface area contributed by atoms with Crippen LogP contribution in [0.2, 0.25) is 0 Å². The number of hydrogen-bond donors (Lipinski definition) is 1.